The zero-order chi connectivity index (χ0) is 12.5. The van der Waals surface area contributed by atoms with Crippen molar-refractivity contribution in [2.45, 2.75) is 38.0 Å². The summed E-state index contributed by atoms with van der Waals surface area (Å²) in [4.78, 5) is 6.55. The first kappa shape index (κ1) is 12.1. The van der Waals surface area contributed by atoms with Crippen LogP contribution in [0.25, 0.3) is 0 Å². The van der Waals surface area contributed by atoms with E-state index in [1.165, 1.54) is 12.8 Å². The highest BCUT2D eigenvalue weighted by Gasteiger charge is 2.36. The number of hydrogen-bond donors (Lipinski definition) is 1. The lowest BCUT2D eigenvalue weighted by Crippen LogP contribution is -2.48. The monoisotopic (exact) mass is 248 g/mol. The van der Waals surface area contributed by atoms with E-state index in [-0.39, 0.29) is 6.10 Å². The number of aliphatic hydroxyl groups is 1. The molecule has 18 heavy (non-hydrogen) atoms. The highest BCUT2D eigenvalue weighted by atomic mass is 16.5. The number of morpholine rings is 1. The standard InChI is InChI=1S/C14H20N2O2/c1-10-4-5-15-7-12(10)14(17)13-8-16-6-2-3-11(16)9-18-13/h4-5,7,11,13-14,17H,2-3,6,8-9H2,1H3. The molecule has 0 amide bonds. The Bertz CT molecular complexity index is 424. The van der Waals surface area contributed by atoms with Gasteiger partial charge in [0.15, 0.2) is 0 Å². The fourth-order valence-corrected chi connectivity index (χ4v) is 3.02. The van der Waals surface area contributed by atoms with E-state index in [9.17, 15) is 5.11 Å². The Kier molecular flexibility index (Phi) is 3.33. The number of aromatic nitrogens is 1. The van der Waals surface area contributed by atoms with Crippen LogP contribution in [0.4, 0.5) is 0 Å². The Balaban J connectivity index is 1.73. The van der Waals surface area contributed by atoms with E-state index in [1.54, 1.807) is 12.4 Å². The Morgan fingerprint density at radius 1 is 1.56 bits per heavy atom. The van der Waals surface area contributed by atoms with Crippen molar-refractivity contribution in [3.63, 3.8) is 0 Å². The maximum Gasteiger partial charge on any atom is 0.108 e. The van der Waals surface area contributed by atoms with Gasteiger partial charge in [0.05, 0.1) is 6.61 Å². The Labute approximate surface area is 108 Å². The van der Waals surface area contributed by atoms with Gasteiger partial charge in [-0.15, -0.1) is 0 Å². The minimum atomic E-state index is -0.569. The molecule has 0 spiro atoms. The number of pyridine rings is 1. The molecule has 4 nitrogen and oxygen atoms in total. The second kappa shape index (κ2) is 4.96. The van der Waals surface area contributed by atoms with E-state index in [1.807, 2.05) is 13.0 Å². The summed E-state index contributed by atoms with van der Waals surface area (Å²) in [6, 6.07) is 2.50. The molecule has 1 aromatic rings. The summed E-state index contributed by atoms with van der Waals surface area (Å²) in [6.45, 7) is 4.73. The van der Waals surface area contributed by atoms with Crippen LogP contribution in [-0.4, -0.2) is 46.8 Å². The molecule has 2 aliphatic rings. The van der Waals surface area contributed by atoms with Crippen LogP contribution in [0.5, 0.6) is 0 Å². The van der Waals surface area contributed by atoms with Crippen LogP contribution in [0.3, 0.4) is 0 Å². The number of hydrogen-bond acceptors (Lipinski definition) is 4. The summed E-state index contributed by atoms with van der Waals surface area (Å²) >= 11 is 0. The van der Waals surface area contributed by atoms with Crippen molar-refractivity contribution in [2.75, 3.05) is 19.7 Å². The van der Waals surface area contributed by atoms with Crippen molar-refractivity contribution in [2.24, 2.45) is 0 Å². The number of rotatable bonds is 2. The summed E-state index contributed by atoms with van der Waals surface area (Å²) in [5.74, 6) is 0. The van der Waals surface area contributed by atoms with E-state index in [0.29, 0.717) is 6.04 Å². The highest BCUT2D eigenvalue weighted by molar-refractivity contribution is 5.24. The molecule has 0 bridgehead atoms. The third-order valence-corrected chi connectivity index (χ3v) is 4.17. The summed E-state index contributed by atoms with van der Waals surface area (Å²) < 4.78 is 5.84. The van der Waals surface area contributed by atoms with Crippen LogP contribution >= 0.6 is 0 Å². The SMILES string of the molecule is Cc1ccncc1C(O)C1CN2CCCC2CO1. The predicted octanol–water partition coefficient (Wildman–Crippen LogP) is 1.29. The van der Waals surface area contributed by atoms with Crippen LogP contribution in [-0.2, 0) is 4.74 Å². The van der Waals surface area contributed by atoms with Gasteiger partial charge in [-0.25, -0.2) is 0 Å². The van der Waals surface area contributed by atoms with E-state index >= 15 is 0 Å². The summed E-state index contributed by atoms with van der Waals surface area (Å²) in [5.41, 5.74) is 1.96. The van der Waals surface area contributed by atoms with Gasteiger partial charge in [0.2, 0.25) is 0 Å². The lowest BCUT2D eigenvalue weighted by Gasteiger charge is -2.37. The predicted molar refractivity (Wildman–Crippen MR) is 68.3 cm³/mol. The van der Waals surface area contributed by atoms with Crippen molar-refractivity contribution in [3.8, 4) is 0 Å². The zero-order valence-electron chi connectivity index (χ0n) is 10.7. The van der Waals surface area contributed by atoms with Gasteiger partial charge in [-0.3, -0.25) is 9.88 Å². The zero-order valence-corrected chi connectivity index (χ0v) is 10.7. The van der Waals surface area contributed by atoms with Gasteiger partial charge < -0.3 is 9.84 Å². The molecule has 1 aromatic heterocycles. The van der Waals surface area contributed by atoms with Gasteiger partial charge in [0, 0.05) is 30.5 Å². The van der Waals surface area contributed by atoms with Crippen molar-refractivity contribution >= 4 is 0 Å². The Morgan fingerprint density at radius 3 is 3.28 bits per heavy atom. The minimum absolute atomic E-state index is 0.123. The van der Waals surface area contributed by atoms with Crippen LogP contribution in [0, 0.1) is 6.92 Å². The van der Waals surface area contributed by atoms with Crippen LogP contribution in [0.1, 0.15) is 30.1 Å². The van der Waals surface area contributed by atoms with Crippen molar-refractivity contribution in [1.29, 1.82) is 0 Å². The topological polar surface area (TPSA) is 45.6 Å². The molecular weight excluding hydrogens is 228 g/mol. The summed E-state index contributed by atoms with van der Waals surface area (Å²) in [6.07, 6.45) is 5.29. The molecular formula is C14H20N2O2. The minimum Gasteiger partial charge on any atom is -0.386 e. The molecule has 0 radical (unpaired) electrons. The fraction of sp³-hybridized carbons (Fsp3) is 0.643. The molecule has 4 heteroatoms. The number of ether oxygens (including phenoxy) is 1. The molecule has 1 N–H and O–H groups in total. The summed E-state index contributed by atoms with van der Waals surface area (Å²) in [7, 11) is 0. The van der Waals surface area contributed by atoms with E-state index in [2.05, 4.69) is 9.88 Å². The van der Waals surface area contributed by atoms with Gasteiger partial charge >= 0.3 is 0 Å². The third kappa shape index (κ3) is 2.16. The molecule has 0 saturated carbocycles. The van der Waals surface area contributed by atoms with Crippen LogP contribution in [0.15, 0.2) is 18.5 Å². The highest BCUT2D eigenvalue weighted by Crippen LogP contribution is 2.29. The van der Waals surface area contributed by atoms with Gasteiger partial charge in [-0.2, -0.15) is 0 Å². The second-order valence-electron chi connectivity index (χ2n) is 5.34. The quantitative estimate of drug-likeness (QED) is 0.856. The lowest BCUT2D eigenvalue weighted by atomic mass is 10.00. The third-order valence-electron chi connectivity index (χ3n) is 4.17. The Morgan fingerprint density at radius 2 is 2.44 bits per heavy atom. The molecule has 98 valence electrons. The average Bonchev–Trinajstić information content (AvgIpc) is 2.85. The van der Waals surface area contributed by atoms with Gasteiger partial charge in [-0.05, 0) is 37.9 Å². The first-order valence-corrected chi connectivity index (χ1v) is 6.70. The second-order valence-corrected chi connectivity index (χ2v) is 5.34. The fourth-order valence-electron chi connectivity index (χ4n) is 3.02. The van der Waals surface area contributed by atoms with E-state index in [4.69, 9.17) is 4.74 Å². The van der Waals surface area contributed by atoms with Gasteiger partial charge in [-0.1, -0.05) is 0 Å². The molecule has 3 atom stereocenters. The molecule has 2 saturated heterocycles. The molecule has 0 aromatic carbocycles. The normalized spacial score (nSPS) is 30.1. The largest absolute Gasteiger partial charge is 0.386 e. The van der Waals surface area contributed by atoms with E-state index in [0.717, 1.165) is 30.8 Å². The first-order valence-electron chi connectivity index (χ1n) is 6.70. The lowest BCUT2D eigenvalue weighted by molar-refractivity contribution is -0.104. The molecule has 0 aliphatic carbocycles. The number of aryl methyl sites for hydroxylation is 1. The van der Waals surface area contributed by atoms with Gasteiger partial charge in [0.25, 0.3) is 0 Å². The van der Waals surface area contributed by atoms with E-state index < -0.39 is 6.10 Å². The van der Waals surface area contributed by atoms with Crippen LogP contribution in [0.2, 0.25) is 0 Å². The first-order chi connectivity index (χ1) is 8.75. The smallest absolute Gasteiger partial charge is 0.108 e. The summed E-state index contributed by atoms with van der Waals surface area (Å²) in [5, 5.41) is 10.5. The molecule has 3 rings (SSSR count). The molecule has 2 aliphatic heterocycles. The molecule has 3 unspecified atom stereocenters. The van der Waals surface area contributed by atoms with Crippen LogP contribution < -0.4 is 0 Å². The molecule has 2 fully saturated rings. The van der Waals surface area contributed by atoms with Crippen molar-refractivity contribution < 1.29 is 9.84 Å². The average molecular weight is 248 g/mol. The maximum absolute atomic E-state index is 10.5. The van der Waals surface area contributed by atoms with Crippen molar-refractivity contribution in [3.05, 3.63) is 29.6 Å². The number of aliphatic hydroxyl groups excluding tert-OH is 1. The maximum atomic E-state index is 10.5. The molecule has 3 heterocycles. The number of nitrogens with zero attached hydrogens (tertiary/aromatic N) is 2. The van der Waals surface area contributed by atoms with Gasteiger partial charge in [0.1, 0.15) is 12.2 Å². The number of fused-ring (bicyclic) bond motifs is 1. The Hall–Kier alpha value is -0.970. The van der Waals surface area contributed by atoms with Crippen molar-refractivity contribution in [1.82, 2.24) is 9.88 Å².